The quantitative estimate of drug-likeness (QED) is 0.130. The predicted molar refractivity (Wildman–Crippen MR) is 245 cm³/mol. The topological polar surface area (TPSA) is 48.5 Å². The number of fused-ring (bicyclic) bond motifs is 10. The molecule has 1 aliphatic rings. The average molecular weight is 772 g/mol. The first kappa shape index (κ1) is 33.7. The van der Waals surface area contributed by atoms with E-state index >= 15 is 0 Å². The molecular weight excluding hydrogens is 735 g/mol. The second-order valence-electron chi connectivity index (χ2n) is 15.5. The van der Waals surface area contributed by atoms with Gasteiger partial charge in [0.2, 0.25) is 11.9 Å². The summed E-state index contributed by atoms with van der Waals surface area (Å²) >= 11 is 0. The van der Waals surface area contributed by atoms with E-state index in [-0.39, 0.29) is 0 Å². The molecule has 0 spiro atoms. The minimum atomic E-state index is -2.83. The van der Waals surface area contributed by atoms with Crippen molar-refractivity contribution in [3.05, 3.63) is 211 Å². The molecule has 0 radical (unpaired) electrons. The zero-order valence-electron chi connectivity index (χ0n) is 32.2. The Labute approximate surface area is 342 Å². The lowest BCUT2D eigenvalue weighted by molar-refractivity contribution is 0.892. The van der Waals surface area contributed by atoms with E-state index in [9.17, 15) is 0 Å². The summed E-state index contributed by atoms with van der Waals surface area (Å²) in [4.78, 5) is 16.5. The van der Waals surface area contributed by atoms with Crippen LogP contribution in [0, 0.1) is 0 Å². The van der Waals surface area contributed by atoms with Crippen LogP contribution in [-0.4, -0.2) is 32.2 Å². The highest BCUT2D eigenvalue weighted by Crippen LogP contribution is 2.38. The Balaban J connectivity index is 1.20. The largest absolute Gasteiger partial charge is 0.277 e. The predicted octanol–water partition coefficient (Wildman–Crippen LogP) is 9.21. The number of rotatable bonds is 5. The van der Waals surface area contributed by atoms with Gasteiger partial charge in [0.25, 0.3) is 0 Å². The Kier molecular flexibility index (Phi) is 7.62. The van der Waals surface area contributed by atoms with Gasteiger partial charge in [-0.1, -0.05) is 188 Å². The molecule has 1 aliphatic heterocycles. The molecule has 59 heavy (non-hydrogen) atoms. The van der Waals surface area contributed by atoms with Crippen LogP contribution in [0.1, 0.15) is 11.1 Å². The first-order chi connectivity index (χ1) is 29.3. The molecule has 0 N–H and O–H groups in total. The van der Waals surface area contributed by atoms with Crippen molar-refractivity contribution in [1.82, 2.24) is 24.1 Å². The number of aromatic nitrogens is 5. The Morgan fingerprint density at radius 1 is 0.356 bits per heavy atom. The molecule has 278 valence electrons. The Hall–Kier alpha value is -7.41. The summed E-state index contributed by atoms with van der Waals surface area (Å²) in [7, 11) is -2.83. The smallest absolute Gasteiger partial charge is 0.240 e. The summed E-state index contributed by atoms with van der Waals surface area (Å²) < 4.78 is 4.57. The molecule has 6 heteroatoms. The molecule has 0 amide bonds. The molecule has 3 aromatic heterocycles. The number of para-hydroxylation sites is 4. The molecule has 2 bridgehead atoms. The highest BCUT2D eigenvalue weighted by molar-refractivity contribution is 7.19. The zero-order valence-corrected chi connectivity index (χ0v) is 33.2. The van der Waals surface area contributed by atoms with Gasteiger partial charge in [0.1, 0.15) is 0 Å². The van der Waals surface area contributed by atoms with Crippen molar-refractivity contribution in [2.45, 2.75) is 12.8 Å². The van der Waals surface area contributed by atoms with Gasteiger partial charge in [-0.3, -0.25) is 9.13 Å². The third kappa shape index (κ3) is 5.06. The number of benzene rings is 8. The van der Waals surface area contributed by atoms with Gasteiger partial charge in [0.05, 0.1) is 22.1 Å². The van der Waals surface area contributed by atoms with E-state index in [1.807, 2.05) is 0 Å². The zero-order chi connectivity index (χ0) is 38.9. The summed E-state index contributed by atoms with van der Waals surface area (Å²) in [6.45, 7) is 0. The van der Waals surface area contributed by atoms with Crippen molar-refractivity contribution in [3.8, 4) is 23.3 Å². The summed E-state index contributed by atoms with van der Waals surface area (Å²) in [5, 5.41) is 10.0. The lowest BCUT2D eigenvalue weighted by atomic mass is 10.00. The third-order valence-corrected chi connectivity index (χ3v) is 17.2. The van der Waals surface area contributed by atoms with Gasteiger partial charge >= 0.3 is 0 Å². The van der Waals surface area contributed by atoms with Crippen LogP contribution < -0.4 is 20.7 Å². The fourth-order valence-corrected chi connectivity index (χ4v) is 14.7. The fraction of sp³-hybridized carbons (Fsp3) is 0.0377. The van der Waals surface area contributed by atoms with Crippen LogP contribution in [0.15, 0.2) is 200 Å². The standard InChI is InChI=1S/C53H37N5Si/c1-4-20-39(21-5-1)59(40-22-6-2-7-23-40,41-24-8-3-9-25-41)42-26-14-19-38(35-42)51-54-52-56-53(55-51)58-48-32-13-11-28-44(48)46-30-16-18-37(50(46)58)34-33-36-17-15-29-45-43-27-10-12-31-47(43)57(52)49(36)45/h1-32,35H,33-34H2. The van der Waals surface area contributed by atoms with E-state index in [1.165, 1.54) is 53.4 Å². The van der Waals surface area contributed by atoms with Crippen molar-refractivity contribution < 1.29 is 0 Å². The van der Waals surface area contributed by atoms with Crippen LogP contribution in [0.4, 0.5) is 0 Å². The monoisotopic (exact) mass is 771 g/mol. The molecular formula is C53H37N5Si. The molecule has 0 unspecified atom stereocenters. The van der Waals surface area contributed by atoms with Crippen molar-refractivity contribution >= 4 is 72.4 Å². The molecule has 8 aromatic carbocycles. The molecule has 5 nitrogen and oxygen atoms in total. The SMILES string of the molecule is c1ccc([Si](c2ccccc2)(c2ccccc2)c2cccc(-c3nc4nc(n3)-n3c5ccccc5c5cccc(c53)CCc3cccc5c6ccccc6n-4c35)c2)cc1. The average Bonchev–Trinajstić information content (AvgIpc) is 3.83. The first-order valence-electron chi connectivity index (χ1n) is 20.3. The summed E-state index contributed by atoms with van der Waals surface area (Å²) in [5.41, 5.74) is 7.95. The van der Waals surface area contributed by atoms with E-state index in [1.54, 1.807) is 0 Å². The maximum absolute atomic E-state index is 5.49. The maximum atomic E-state index is 5.49. The van der Waals surface area contributed by atoms with Crippen LogP contribution >= 0.6 is 0 Å². The second kappa shape index (κ2) is 13.3. The number of hydrogen-bond acceptors (Lipinski definition) is 3. The number of aryl methyl sites for hydroxylation is 2. The van der Waals surface area contributed by atoms with E-state index in [2.05, 4.69) is 209 Å². The molecule has 0 saturated heterocycles. The number of nitrogens with zero attached hydrogens (tertiary/aromatic N) is 5. The van der Waals surface area contributed by atoms with Crippen molar-refractivity contribution in [1.29, 1.82) is 0 Å². The van der Waals surface area contributed by atoms with Crippen LogP contribution in [0.3, 0.4) is 0 Å². The highest BCUT2D eigenvalue weighted by Gasteiger charge is 2.41. The molecule has 4 heterocycles. The molecule has 0 saturated carbocycles. The summed E-state index contributed by atoms with van der Waals surface area (Å²) in [6.07, 6.45) is 1.75. The van der Waals surface area contributed by atoms with Crippen molar-refractivity contribution in [2.75, 3.05) is 0 Å². The number of hydrogen-bond donors (Lipinski definition) is 0. The lowest BCUT2D eigenvalue weighted by Crippen LogP contribution is -2.74. The fourth-order valence-electron chi connectivity index (χ4n) is 9.91. The van der Waals surface area contributed by atoms with Crippen LogP contribution in [0.25, 0.3) is 66.9 Å². The van der Waals surface area contributed by atoms with E-state index in [4.69, 9.17) is 15.0 Å². The van der Waals surface area contributed by atoms with Gasteiger partial charge < -0.3 is 0 Å². The van der Waals surface area contributed by atoms with Crippen molar-refractivity contribution in [3.63, 3.8) is 0 Å². The third-order valence-electron chi connectivity index (χ3n) is 12.4. The molecule has 0 fully saturated rings. The van der Waals surface area contributed by atoms with Crippen LogP contribution in [0.5, 0.6) is 0 Å². The minimum absolute atomic E-state index is 0.608. The van der Waals surface area contributed by atoms with Crippen LogP contribution in [-0.2, 0) is 12.8 Å². The molecule has 0 aliphatic carbocycles. The second-order valence-corrected chi connectivity index (χ2v) is 19.3. The van der Waals surface area contributed by atoms with E-state index in [0.717, 1.165) is 40.5 Å². The molecule has 0 atom stereocenters. The Morgan fingerprint density at radius 3 is 1.25 bits per heavy atom. The summed E-state index contributed by atoms with van der Waals surface area (Å²) in [6, 6.07) is 72.9. The van der Waals surface area contributed by atoms with Gasteiger partial charge in [0, 0.05) is 27.1 Å². The van der Waals surface area contributed by atoms with Gasteiger partial charge in [-0.2, -0.15) is 15.0 Å². The normalized spacial score (nSPS) is 12.6. The van der Waals surface area contributed by atoms with Gasteiger partial charge in [-0.15, -0.1) is 0 Å². The van der Waals surface area contributed by atoms with Gasteiger partial charge in [-0.05, 0) is 56.8 Å². The van der Waals surface area contributed by atoms with E-state index < -0.39 is 8.07 Å². The van der Waals surface area contributed by atoms with Crippen molar-refractivity contribution in [2.24, 2.45) is 0 Å². The Bertz CT molecular complexity index is 3150. The van der Waals surface area contributed by atoms with Gasteiger partial charge in [0.15, 0.2) is 13.9 Å². The maximum Gasteiger partial charge on any atom is 0.240 e. The molecule has 11 aromatic rings. The Morgan fingerprint density at radius 2 is 0.763 bits per heavy atom. The minimum Gasteiger partial charge on any atom is -0.277 e. The molecule has 12 rings (SSSR count). The lowest BCUT2D eigenvalue weighted by Gasteiger charge is -2.34. The first-order valence-corrected chi connectivity index (χ1v) is 22.3. The summed E-state index contributed by atoms with van der Waals surface area (Å²) in [5.74, 6) is 1.85. The van der Waals surface area contributed by atoms with Crippen LogP contribution in [0.2, 0.25) is 0 Å². The van der Waals surface area contributed by atoms with E-state index in [0.29, 0.717) is 17.7 Å². The highest BCUT2D eigenvalue weighted by atomic mass is 28.3. The van der Waals surface area contributed by atoms with Gasteiger partial charge in [-0.25, -0.2) is 0 Å².